The van der Waals surface area contributed by atoms with Crippen LogP contribution in [-0.4, -0.2) is 25.0 Å². The molecule has 1 heterocycles. The van der Waals surface area contributed by atoms with Gasteiger partial charge in [0.1, 0.15) is 11.4 Å². The van der Waals surface area contributed by atoms with Crippen LogP contribution in [0.3, 0.4) is 0 Å². The van der Waals surface area contributed by atoms with Crippen LogP contribution in [0.4, 0.5) is 0 Å². The first-order valence-corrected chi connectivity index (χ1v) is 10.5. The van der Waals surface area contributed by atoms with Gasteiger partial charge in [-0.2, -0.15) is 0 Å². The highest BCUT2D eigenvalue weighted by molar-refractivity contribution is 7.10. The van der Waals surface area contributed by atoms with Crippen molar-refractivity contribution < 1.29 is 14.3 Å². The Morgan fingerprint density at radius 1 is 1.14 bits per heavy atom. The lowest BCUT2D eigenvalue weighted by Gasteiger charge is -2.23. The Bertz CT molecular complexity index is 874. The summed E-state index contributed by atoms with van der Waals surface area (Å²) in [6, 6.07) is 10.9. The second-order valence-corrected chi connectivity index (χ2v) is 8.49. The molecule has 28 heavy (non-hydrogen) atoms. The van der Waals surface area contributed by atoms with E-state index in [4.69, 9.17) is 4.74 Å². The van der Waals surface area contributed by atoms with Crippen LogP contribution in [0.1, 0.15) is 40.9 Å². The smallest absolute Gasteiger partial charge is 0.268 e. The molecule has 5 nitrogen and oxygen atoms in total. The van der Waals surface area contributed by atoms with Crippen molar-refractivity contribution in [3.63, 3.8) is 0 Å². The number of hydrogen-bond acceptors (Lipinski definition) is 4. The molecule has 1 aromatic heterocycles. The van der Waals surface area contributed by atoms with Crippen molar-refractivity contribution >= 4 is 29.2 Å². The molecular formula is C22H24N2O3S. The molecule has 2 aliphatic rings. The minimum atomic E-state index is -0.312. The number of hydrogen-bond donors (Lipinski definition) is 2. The predicted molar refractivity (Wildman–Crippen MR) is 110 cm³/mol. The normalized spacial score (nSPS) is 23.5. The van der Waals surface area contributed by atoms with Crippen LogP contribution in [0.2, 0.25) is 0 Å². The molecule has 2 bridgehead atoms. The fraction of sp³-hybridized carbons (Fsp3) is 0.364. The first kappa shape index (κ1) is 18.7. The minimum absolute atomic E-state index is 0.215. The summed E-state index contributed by atoms with van der Waals surface area (Å²) in [7, 11) is 1.58. The maximum atomic E-state index is 13.0. The van der Waals surface area contributed by atoms with Gasteiger partial charge in [0.25, 0.3) is 11.8 Å². The Labute approximate surface area is 168 Å². The van der Waals surface area contributed by atoms with E-state index in [-0.39, 0.29) is 23.6 Å². The summed E-state index contributed by atoms with van der Waals surface area (Å²) in [5, 5.41) is 7.91. The molecular weight excluding hydrogens is 372 g/mol. The monoisotopic (exact) mass is 396 g/mol. The van der Waals surface area contributed by atoms with E-state index in [0.717, 1.165) is 17.2 Å². The topological polar surface area (TPSA) is 67.4 Å². The molecule has 0 radical (unpaired) electrons. The van der Waals surface area contributed by atoms with Crippen molar-refractivity contribution in [1.29, 1.82) is 0 Å². The third-order valence-corrected chi connectivity index (χ3v) is 6.55. The molecule has 0 saturated heterocycles. The van der Waals surface area contributed by atoms with Gasteiger partial charge in [-0.05, 0) is 72.9 Å². The van der Waals surface area contributed by atoms with Crippen LogP contribution in [0.25, 0.3) is 6.08 Å². The van der Waals surface area contributed by atoms with Gasteiger partial charge in [-0.1, -0.05) is 12.5 Å². The van der Waals surface area contributed by atoms with Gasteiger partial charge in [-0.3, -0.25) is 9.59 Å². The molecule has 4 rings (SSSR count). The van der Waals surface area contributed by atoms with Gasteiger partial charge < -0.3 is 15.4 Å². The number of nitrogens with one attached hydrogen (secondary N) is 2. The Morgan fingerprint density at radius 2 is 1.96 bits per heavy atom. The molecule has 146 valence electrons. The number of ether oxygens (including phenoxy) is 1. The highest BCUT2D eigenvalue weighted by Crippen LogP contribution is 2.44. The van der Waals surface area contributed by atoms with Crippen LogP contribution in [0, 0.1) is 11.8 Å². The largest absolute Gasteiger partial charge is 0.497 e. The van der Waals surface area contributed by atoms with E-state index in [9.17, 15) is 9.59 Å². The van der Waals surface area contributed by atoms with Gasteiger partial charge in [0.15, 0.2) is 0 Å². The molecule has 0 aliphatic heterocycles. The summed E-state index contributed by atoms with van der Waals surface area (Å²) >= 11 is 1.53. The quantitative estimate of drug-likeness (QED) is 0.729. The molecule has 2 N–H and O–H groups in total. The van der Waals surface area contributed by atoms with Crippen molar-refractivity contribution in [1.82, 2.24) is 10.6 Å². The number of rotatable bonds is 6. The lowest BCUT2D eigenvalue weighted by Crippen LogP contribution is -2.42. The number of amides is 2. The van der Waals surface area contributed by atoms with E-state index in [0.29, 0.717) is 17.2 Å². The maximum absolute atomic E-state index is 13.0. The van der Waals surface area contributed by atoms with Crippen LogP contribution in [-0.2, 0) is 4.79 Å². The van der Waals surface area contributed by atoms with Crippen molar-refractivity contribution in [2.24, 2.45) is 11.8 Å². The Morgan fingerprint density at radius 3 is 2.57 bits per heavy atom. The minimum Gasteiger partial charge on any atom is -0.497 e. The van der Waals surface area contributed by atoms with Crippen LogP contribution in [0.15, 0.2) is 47.5 Å². The summed E-state index contributed by atoms with van der Waals surface area (Å²) in [4.78, 5) is 26.6. The summed E-state index contributed by atoms with van der Waals surface area (Å²) in [5.74, 6) is 1.48. The zero-order valence-electron chi connectivity index (χ0n) is 15.8. The van der Waals surface area contributed by atoms with Gasteiger partial charge in [-0.15, -0.1) is 11.3 Å². The standard InChI is InChI=1S/C22H24N2O3S/c1-27-17-8-6-15(7-9-17)21(25)24-20(13-18-3-2-10-28-18)22(26)23-19-12-14-4-5-16(19)11-14/h2-3,6-10,13-14,16,19H,4-5,11-12H2,1H3,(H,23,26)(H,24,25)/b20-13-/t14-,16-,19+/m1/s1. The third-order valence-electron chi connectivity index (χ3n) is 5.73. The van der Waals surface area contributed by atoms with E-state index < -0.39 is 0 Å². The highest BCUT2D eigenvalue weighted by Gasteiger charge is 2.40. The lowest BCUT2D eigenvalue weighted by atomic mass is 9.95. The van der Waals surface area contributed by atoms with Crippen molar-refractivity contribution in [3.8, 4) is 5.75 Å². The fourth-order valence-corrected chi connectivity index (χ4v) is 4.94. The number of benzene rings is 1. The molecule has 2 aromatic rings. The molecule has 0 unspecified atom stereocenters. The van der Waals surface area contributed by atoms with E-state index in [1.165, 1.54) is 30.6 Å². The SMILES string of the molecule is COc1ccc(C(=O)N/C(=C\c2cccs2)C(=O)N[C@H]2C[C@@H]3CC[C@@H]2C3)cc1. The van der Waals surface area contributed by atoms with Crippen molar-refractivity contribution in [3.05, 3.63) is 57.9 Å². The molecule has 2 amide bonds. The van der Waals surface area contributed by atoms with Crippen LogP contribution >= 0.6 is 11.3 Å². The Kier molecular flexibility index (Phi) is 5.48. The molecule has 2 fully saturated rings. The predicted octanol–water partition coefficient (Wildman–Crippen LogP) is 3.83. The average molecular weight is 397 g/mol. The van der Waals surface area contributed by atoms with Crippen molar-refractivity contribution in [2.45, 2.75) is 31.7 Å². The number of carbonyl (C=O) groups excluding carboxylic acids is 2. The molecule has 1 aromatic carbocycles. The Hall–Kier alpha value is -2.60. The van der Waals surface area contributed by atoms with E-state index in [2.05, 4.69) is 10.6 Å². The first-order chi connectivity index (χ1) is 13.6. The van der Waals surface area contributed by atoms with Crippen LogP contribution < -0.4 is 15.4 Å². The second-order valence-electron chi connectivity index (χ2n) is 7.51. The van der Waals surface area contributed by atoms with Gasteiger partial charge in [0.05, 0.1) is 7.11 Å². The van der Waals surface area contributed by atoms with Crippen LogP contribution in [0.5, 0.6) is 5.75 Å². The summed E-state index contributed by atoms with van der Waals surface area (Å²) in [6.07, 6.45) is 6.48. The molecule has 6 heteroatoms. The maximum Gasteiger partial charge on any atom is 0.268 e. The number of thiophene rings is 1. The summed E-state index contributed by atoms with van der Waals surface area (Å²) in [5.41, 5.74) is 0.761. The molecule has 2 saturated carbocycles. The first-order valence-electron chi connectivity index (χ1n) is 9.64. The van der Waals surface area contributed by atoms with E-state index in [1.807, 2.05) is 17.5 Å². The van der Waals surface area contributed by atoms with Gasteiger partial charge >= 0.3 is 0 Å². The Balaban J connectivity index is 1.50. The fourth-order valence-electron chi connectivity index (χ4n) is 4.28. The number of carbonyl (C=O) groups is 2. The van der Waals surface area contributed by atoms with Crippen molar-refractivity contribution in [2.75, 3.05) is 7.11 Å². The average Bonchev–Trinajstić information content (AvgIpc) is 3.46. The van der Waals surface area contributed by atoms with E-state index in [1.54, 1.807) is 37.5 Å². The third kappa shape index (κ3) is 4.12. The lowest BCUT2D eigenvalue weighted by molar-refractivity contribution is -0.118. The van der Waals surface area contributed by atoms with Gasteiger partial charge in [0, 0.05) is 16.5 Å². The summed E-state index contributed by atoms with van der Waals surface area (Å²) < 4.78 is 5.13. The zero-order valence-corrected chi connectivity index (χ0v) is 16.6. The van der Waals surface area contributed by atoms with Gasteiger partial charge in [0.2, 0.25) is 0 Å². The number of fused-ring (bicyclic) bond motifs is 2. The molecule has 0 spiro atoms. The second kappa shape index (κ2) is 8.19. The zero-order chi connectivity index (χ0) is 19.5. The number of methoxy groups -OCH3 is 1. The molecule has 2 aliphatic carbocycles. The van der Waals surface area contributed by atoms with E-state index >= 15 is 0 Å². The van der Waals surface area contributed by atoms with Gasteiger partial charge in [-0.25, -0.2) is 0 Å². The molecule has 3 atom stereocenters. The summed E-state index contributed by atoms with van der Waals surface area (Å²) in [6.45, 7) is 0. The highest BCUT2D eigenvalue weighted by atomic mass is 32.1.